The fourth-order valence-corrected chi connectivity index (χ4v) is 1.59. The van der Waals surface area contributed by atoms with E-state index in [0.717, 1.165) is 17.5 Å². The van der Waals surface area contributed by atoms with Gasteiger partial charge in [0.15, 0.2) is 0 Å². The number of carbonyl (C=O) groups excluding carboxylic acids is 1. The van der Waals surface area contributed by atoms with Crippen molar-refractivity contribution >= 4 is 12.1 Å². The number of aromatic nitrogens is 1. The summed E-state index contributed by atoms with van der Waals surface area (Å²) >= 11 is 0. The Labute approximate surface area is 112 Å². The number of nitrogens with one attached hydrogen (secondary N) is 1. The molecule has 1 aromatic heterocycles. The van der Waals surface area contributed by atoms with Crippen LogP contribution in [0.15, 0.2) is 60.0 Å². The lowest BCUT2D eigenvalue weighted by Gasteiger charge is -2.00. The van der Waals surface area contributed by atoms with Gasteiger partial charge < -0.3 is 0 Å². The maximum absolute atomic E-state index is 11.6. The first-order valence-electron chi connectivity index (χ1n) is 6.10. The minimum Gasteiger partial charge on any atom is -0.273 e. The van der Waals surface area contributed by atoms with E-state index in [-0.39, 0.29) is 5.91 Å². The molecule has 4 heteroatoms. The zero-order chi connectivity index (χ0) is 13.3. The van der Waals surface area contributed by atoms with Crippen LogP contribution in [0.4, 0.5) is 0 Å². The van der Waals surface area contributed by atoms with Crippen LogP contribution in [-0.4, -0.2) is 17.1 Å². The second-order valence-electron chi connectivity index (χ2n) is 4.06. The molecule has 1 heterocycles. The SMILES string of the molecule is O=C(CCc1ccccc1)N/N=C\c1ccncc1. The highest BCUT2D eigenvalue weighted by Gasteiger charge is 2.00. The van der Waals surface area contributed by atoms with Crippen LogP contribution in [0.25, 0.3) is 0 Å². The summed E-state index contributed by atoms with van der Waals surface area (Å²) in [6.07, 6.45) is 6.11. The van der Waals surface area contributed by atoms with Gasteiger partial charge in [0.2, 0.25) is 5.91 Å². The lowest BCUT2D eigenvalue weighted by atomic mass is 10.1. The van der Waals surface area contributed by atoms with Crippen molar-refractivity contribution in [2.24, 2.45) is 5.10 Å². The van der Waals surface area contributed by atoms with Gasteiger partial charge in [0.25, 0.3) is 0 Å². The normalized spacial score (nSPS) is 10.5. The Kier molecular flexibility index (Phi) is 4.81. The van der Waals surface area contributed by atoms with E-state index in [1.807, 2.05) is 42.5 Å². The number of amides is 1. The molecule has 0 aliphatic heterocycles. The van der Waals surface area contributed by atoms with E-state index in [1.165, 1.54) is 0 Å². The summed E-state index contributed by atoms with van der Waals surface area (Å²) in [6.45, 7) is 0. The number of nitrogens with zero attached hydrogens (tertiary/aromatic N) is 2. The third kappa shape index (κ3) is 4.71. The molecular formula is C15H15N3O. The quantitative estimate of drug-likeness (QED) is 0.655. The largest absolute Gasteiger partial charge is 0.273 e. The van der Waals surface area contributed by atoms with Gasteiger partial charge in [-0.2, -0.15) is 5.10 Å². The molecule has 0 aliphatic carbocycles. The Morgan fingerprint density at radius 1 is 1.16 bits per heavy atom. The summed E-state index contributed by atoms with van der Waals surface area (Å²) in [6, 6.07) is 13.5. The monoisotopic (exact) mass is 253 g/mol. The van der Waals surface area contributed by atoms with E-state index in [9.17, 15) is 4.79 Å². The summed E-state index contributed by atoms with van der Waals surface area (Å²) in [5.74, 6) is -0.0887. The second kappa shape index (κ2) is 7.06. The number of carbonyl (C=O) groups is 1. The zero-order valence-corrected chi connectivity index (χ0v) is 10.5. The highest BCUT2D eigenvalue weighted by Crippen LogP contribution is 2.01. The molecule has 19 heavy (non-hydrogen) atoms. The van der Waals surface area contributed by atoms with Crippen molar-refractivity contribution in [2.45, 2.75) is 12.8 Å². The highest BCUT2D eigenvalue weighted by atomic mass is 16.2. The van der Waals surface area contributed by atoms with E-state index in [0.29, 0.717) is 6.42 Å². The van der Waals surface area contributed by atoms with Gasteiger partial charge in [-0.25, -0.2) is 5.43 Å². The Hall–Kier alpha value is -2.49. The summed E-state index contributed by atoms with van der Waals surface area (Å²) in [5, 5.41) is 3.90. The van der Waals surface area contributed by atoms with Crippen LogP contribution in [0.3, 0.4) is 0 Å². The van der Waals surface area contributed by atoms with Crippen LogP contribution in [0.5, 0.6) is 0 Å². The number of rotatable bonds is 5. The van der Waals surface area contributed by atoms with Crippen LogP contribution in [0.1, 0.15) is 17.5 Å². The second-order valence-corrected chi connectivity index (χ2v) is 4.06. The van der Waals surface area contributed by atoms with Crippen molar-refractivity contribution in [2.75, 3.05) is 0 Å². The molecular weight excluding hydrogens is 238 g/mol. The lowest BCUT2D eigenvalue weighted by Crippen LogP contribution is -2.17. The molecule has 1 amide bonds. The van der Waals surface area contributed by atoms with Crippen LogP contribution in [0.2, 0.25) is 0 Å². The van der Waals surface area contributed by atoms with Crippen LogP contribution in [-0.2, 0) is 11.2 Å². The predicted octanol–water partition coefficient (Wildman–Crippen LogP) is 2.16. The van der Waals surface area contributed by atoms with Crippen LogP contribution >= 0.6 is 0 Å². The van der Waals surface area contributed by atoms with Crippen molar-refractivity contribution in [1.29, 1.82) is 0 Å². The molecule has 0 saturated carbocycles. The molecule has 4 nitrogen and oxygen atoms in total. The van der Waals surface area contributed by atoms with Gasteiger partial charge in [-0.15, -0.1) is 0 Å². The van der Waals surface area contributed by atoms with E-state index in [1.54, 1.807) is 18.6 Å². The molecule has 0 bridgehead atoms. The fraction of sp³-hybridized carbons (Fsp3) is 0.133. The number of benzene rings is 1. The first-order chi connectivity index (χ1) is 9.34. The van der Waals surface area contributed by atoms with E-state index < -0.39 is 0 Å². The van der Waals surface area contributed by atoms with Crippen molar-refractivity contribution in [3.63, 3.8) is 0 Å². The molecule has 2 rings (SSSR count). The van der Waals surface area contributed by atoms with Gasteiger partial charge in [-0.05, 0) is 29.7 Å². The van der Waals surface area contributed by atoms with Crippen molar-refractivity contribution < 1.29 is 4.79 Å². The maximum atomic E-state index is 11.6. The van der Waals surface area contributed by atoms with Gasteiger partial charge in [0, 0.05) is 18.8 Å². The number of aryl methyl sites for hydroxylation is 1. The molecule has 96 valence electrons. The molecule has 0 saturated heterocycles. The highest BCUT2D eigenvalue weighted by molar-refractivity contribution is 5.82. The Morgan fingerprint density at radius 2 is 1.89 bits per heavy atom. The van der Waals surface area contributed by atoms with E-state index in [4.69, 9.17) is 0 Å². The third-order valence-electron chi connectivity index (χ3n) is 2.59. The minimum atomic E-state index is -0.0887. The maximum Gasteiger partial charge on any atom is 0.240 e. The van der Waals surface area contributed by atoms with Gasteiger partial charge in [0.05, 0.1) is 6.21 Å². The van der Waals surface area contributed by atoms with Gasteiger partial charge >= 0.3 is 0 Å². The molecule has 0 unspecified atom stereocenters. The summed E-state index contributed by atoms with van der Waals surface area (Å²) in [5.41, 5.74) is 4.56. The Bertz CT molecular complexity index is 538. The number of hydrazone groups is 1. The van der Waals surface area contributed by atoms with Gasteiger partial charge in [0.1, 0.15) is 0 Å². The molecule has 0 aliphatic rings. The average Bonchev–Trinajstić information content (AvgIpc) is 2.47. The van der Waals surface area contributed by atoms with Crippen molar-refractivity contribution in [3.8, 4) is 0 Å². The van der Waals surface area contributed by atoms with Crippen molar-refractivity contribution in [3.05, 3.63) is 66.0 Å². The molecule has 0 atom stereocenters. The summed E-state index contributed by atoms with van der Waals surface area (Å²) in [4.78, 5) is 15.5. The first kappa shape index (κ1) is 13.0. The number of hydrogen-bond donors (Lipinski definition) is 1. The zero-order valence-electron chi connectivity index (χ0n) is 10.5. The van der Waals surface area contributed by atoms with E-state index >= 15 is 0 Å². The van der Waals surface area contributed by atoms with Gasteiger partial charge in [-0.3, -0.25) is 9.78 Å². The Morgan fingerprint density at radius 3 is 2.63 bits per heavy atom. The first-order valence-corrected chi connectivity index (χ1v) is 6.10. The van der Waals surface area contributed by atoms with E-state index in [2.05, 4.69) is 15.5 Å². The molecule has 1 N–H and O–H groups in total. The molecule has 0 radical (unpaired) electrons. The Balaban J connectivity index is 1.75. The summed E-state index contributed by atoms with van der Waals surface area (Å²) < 4.78 is 0. The summed E-state index contributed by atoms with van der Waals surface area (Å²) in [7, 11) is 0. The van der Waals surface area contributed by atoms with Gasteiger partial charge in [-0.1, -0.05) is 30.3 Å². The smallest absolute Gasteiger partial charge is 0.240 e. The minimum absolute atomic E-state index is 0.0887. The van der Waals surface area contributed by atoms with Crippen LogP contribution in [0, 0.1) is 0 Å². The standard InChI is InChI=1S/C15H15N3O/c19-15(7-6-13-4-2-1-3-5-13)18-17-12-14-8-10-16-11-9-14/h1-5,8-12H,6-7H2,(H,18,19)/b17-12-. The molecule has 0 fully saturated rings. The van der Waals surface area contributed by atoms with Crippen LogP contribution < -0.4 is 5.43 Å². The number of pyridine rings is 1. The number of hydrogen-bond acceptors (Lipinski definition) is 3. The molecule has 2 aromatic rings. The van der Waals surface area contributed by atoms with Crippen molar-refractivity contribution in [1.82, 2.24) is 10.4 Å². The average molecular weight is 253 g/mol. The predicted molar refractivity (Wildman–Crippen MR) is 74.7 cm³/mol. The molecule has 0 spiro atoms. The third-order valence-corrected chi connectivity index (χ3v) is 2.59. The fourth-order valence-electron chi connectivity index (χ4n) is 1.59. The molecule has 1 aromatic carbocycles. The lowest BCUT2D eigenvalue weighted by molar-refractivity contribution is -0.121. The topological polar surface area (TPSA) is 54.4 Å².